The zero-order valence-electron chi connectivity index (χ0n) is 10.1. The molecule has 0 saturated carbocycles. The van der Waals surface area contributed by atoms with Crippen molar-refractivity contribution in [3.8, 4) is 0 Å². The maximum absolute atomic E-state index is 12.0. The Morgan fingerprint density at radius 3 is 2.80 bits per heavy atom. The van der Waals surface area contributed by atoms with Crippen molar-refractivity contribution in [1.82, 2.24) is 19.9 Å². The number of nitrogens with two attached hydrogens (primary N) is 1. The van der Waals surface area contributed by atoms with E-state index in [1.54, 1.807) is 12.1 Å². The van der Waals surface area contributed by atoms with Crippen LogP contribution in [-0.2, 0) is 16.6 Å². The zero-order valence-corrected chi connectivity index (χ0v) is 11.7. The van der Waals surface area contributed by atoms with Crippen LogP contribution in [0.2, 0.25) is 5.02 Å². The van der Waals surface area contributed by atoms with E-state index in [0.29, 0.717) is 5.69 Å². The van der Waals surface area contributed by atoms with E-state index in [0.717, 1.165) is 6.20 Å². The van der Waals surface area contributed by atoms with Gasteiger partial charge in [-0.25, -0.2) is 24.0 Å². The van der Waals surface area contributed by atoms with E-state index in [1.165, 1.54) is 12.3 Å². The van der Waals surface area contributed by atoms with Gasteiger partial charge in [-0.05, 0) is 18.2 Å². The predicted molar refractivity (Wildman–Crippen MR) is 73.1 cm³/mol. The van der Waals surface area contributed by atoms with E-state index in [2.05, 4.69) is 25.3 Å². The van der Waals surface area contributed by atoms with Crippen molar-refractivity contribution in [2.75, 3.05) is 5.43 Å². The minimum absolute atomic E-state index is 0.0185. The highest BCUT2D eigenvalue weighted by atomic mass is 35.5. The van der Waals surface area contributed by atoms with E-state index < -0.39 is 10.0 Å². The smallest absolute Gasteiger partial charge is 0.242 e. The normalized spacial score (nSPS) is 11.3. The molecule has 0 unspecified atom stereocenters. The lowest BCUT2D eigenvalue weighted by Gasteiger charge is -2.08. The van der Waals surface area contributed by atoms with Gasteiger partial charge in [0.25, 0.3) is 0 Å². The van der Waals surface area contributed by atoms with Crippen LogP contribution in [0.3, 0.4) is 0 Å². The molecule has 0 saturated heterocycles. The number of nitrogens with zero attached hydrogens (tertiary/aromatic N) is 3. The predicted octanol–water partition coefficient (Wildman–Crippen LogP) is 0.289. The van der Waals surface area contributed by atoms with Crippen molar-refractivity contribution in [3.63, 3.8) is 0 Å². The van der Waals surface area contributed by atoms with Crippen molar-refractivity contribution >= 4 is 27.4 Å². The lowest BCUT2D eigenvalue weighted by atomic mass is 10.4. The first-order chi connectivity index (χ1) is 9.53. The van der Waals surface area contributed by atoms with Crippen molar-refractivity contribution < 1.29 is 8.42 Å². The minimum atomic E-state index is -3.74. The van der Waals surface area contributed by atoms with Crippen LogP contribution in [0.4, 0.5) is 5.82 Å². The SMILES string of the molecule is NNc1ncc(S(=O)(=O)NCc2cccnn2)cc1Cl. The Labute approximate surface area is 120 Å². The maximum atomic E-state index is 12.0. The standard InChI is InChI=1S/C10H11ClN6O2S/c11-9-4-8(6-13-10(9)16-12)20(18,19)15-5-7-2-1-3-14-17-7/h1-4,6,15H,5,12H2,(H,13,16). The van der Waals surface area contributed by atoms with Crippen LogP contribution in [0, 0.1) is 0 Å². The first kappa shape index (κ1) is 14.6. The molecule has 0 radical (unpaired) electrons. The van der Waals surface area contributed by atoms with Crippen LogP contribution in [0.15, 0.2) is 35.5 Å². The average Bonchev–Trinajstić information content (AvgIpc) is 2.46. The fraction of sp³-hybridized carbons (Fsp3) is 0.100. The van der Waals surface area contributed by atoms with Gasteiger partial charge in [0.05, 0.1) is 17.3 Å². The van der Waals surface area contributed by atoms with Crippen LogP contribution in [-0.4, -0.2) is 23.6 Å². The molecule has 2 heterocycles. The van der Waals surface area contributed by atoms with E-state index in [9.17, 15) is 8.42 Å². The third kappa shape index (κ3) is 3.39. The van der Waals surface area contributed by atoms with Gasteiger partial charge >= 0.3 is 0 Å². The summed E-state index contributed by atoms with van der Waals surface area (Å²) >= 11 is 5.83. The van der Waals surface area contributed by atoms with Gasteiger partial charge in [0.15, 0.2) is 5.82 Å². The molecule has 8 nitrogen and oxygen atoms in total. The fourth-order valence-electron chi connectivity index (χ4n) is 1.35. The Bertz CT molecular complexity index is 694. The van der Waals surface area contributed by atoms with Crippen LogP contribution in [0.1, 0.15) is 5.69 Å². The zero-order chi connectivity index (χ0) is 14.6. The van der Waals surface area contributed by atoms with Gasteiger partial charge in [0, 0.05) is 12.4 Å². The second kappa shape index (κ2) is 6.09. The lowest BCUT2D eigenvalue weighted by Crippen LogP contribution is -2.24. The molecule has 0 aliphatic carbocycles. The molecule has 10 heteroatoms. The van der Waals surface area contributed by atoms with Crippen molar-refractivity contribution in [1.29, 1.82) is 0 Å². The molecule has 0 aromatic carbocycles. The molecule has 2 aromatic rings. The van der Waals surface area contributed by atoms with Crippen LogP contribution in [0.25, 0.3) is 0 Å². The Kier molecular flexibility index (Phi) is 4.45. The van der Waals surface area contributed by atoms with E-state index in [1.807, 2.05) is 0 Å². The first-order valence-corrected chi connectivity index (χ1v) is 7.27. The number of pyridine rings is 1. The monoisotopic (exact) mass is 314 g/mol. The Morgan fingerprint density at radius 2 is 2.20 bits per heavy atom. The summed E-state index contributed by atoms with van der Waals surface area (Å²) in [6, 6.07) is 4.57. The van der Waals surface area contributed by atoms with Gasteiger partial charge in [-0.3, -0.25) is 0 Å². The molecule has 2 rings (SSSR count). The number of hydrogen-bond acceptors (Lipinski definition) is 7. The Balaban J connectivity index is 2.16. The van der Waals surface area contributed by atoms with Gasteiger partial charge in [0.2, 0.25) is 10.0 Å². The Hall–Kier alpha value is -1.81. The number of aromatic nitrogens is 3. The Morgan fingerprint density at radius 1 is 1.40 bits per heavy atom. The highest BCUT2D eigenvalue weighted by molar-refractivity contribution is 7.89. The average molecular weight is 315 g/mol. The topological polar surface area (TPSA) is 123 Å². The molecule has 0 fully saturated rings. The fourth-order valence-corrected chi connectivity index (χ4v) is 2.61. The molecular formula is C10H11ClN6O2S. The number of rotatable bonds is 5. The molecule has 0 aliphatic rings. The summed E-state index contributed by atoms with van der Waals surface area (Å²) in [5.41, 5.74) is 2.75. The number of nitrogen functional groups attached to an aromatic ring is 1. The molecule has 0 bridgehead atoms. The molecular weight excluding hydrogens is 304 g/mol. The van der Waals surface area contributed by atoms with Crippen molar-refractivity contribution in [2.24, 2.45) is 5.84 Å². The summed E-state index contributed by atoms with van der Waals surface area (Å²) < 4.78 is 26.5. The summed E-state index contributed by atoms with van der Waals surface area (Å²) in [4.78, 5) is 3.74. The summed E-state index contributed by atoms with van der Waals surface area (Å²) in [6.07, 6.45) is 2.65. The molecule has 0 amide bonds. The molecule has 2 aromatic heterocycles. The van der Waals surface area contributed by atoms with E-state index in [-0.39, 0.29) is 22.3 Å². The quantitative estimate of drug-likeness (QED) is 0.535. The van der Waals surface area contributed by atoms with E-state index in [4.69, 9.17) is 17.4 Å². The first-order valence-electron chi connectivity index (χ1n) is 5.41. The second-order valence-electron chi connectivity index (χ2n) is 3.69. The summed E-state index contributed by atoms with van der Waals surface area (Å²) in [5.74, 6) is 5.36. The third-order valence-electron chi connectivity index (χ3n) is 2.33. The number of nitrogens with one attached hydrogen (secondary N) is 2. The van der Waals surface area contributed by atoms with Crippen LogP contribution >= 0.6 is 11.6 Å². The minimum Gasteiger partial charge on any atom is -0.307 e. The summed E-state index contributed by atoms with van der Waals surface area (Å²) in [5, 5.41) is 7.54. The van der Waals surface area contributed by atoms with Gasteiger partial charge in [0.1, 0.15) is 4.90 Å². The van der Waals surface area contributed by atoms with Gasteiger partial charge < -0.3 is 5.43 Å². The molecule has 106 valence electrons. The lowest BCUT2D eigenvalue weighted by molar-refractivity contribution is 0.579. The molecule has 20 heavy (non-hydrogen) atoms. The maximum Gasteiger partial charge on any atom is 0.242 e. The highest BCUT2D eigenvalue weighted by Crippen LogP contribution is 2.21. The number of hydrazine groups is 1. The second-order valence-corrected chi connectivity index (χ2v) is 5.86. The summed E-state index contributed by atoms with van der Waals surface area (Å²) in [7, 11) is -3.74. The summed E-state index contributed by atoms with van der Waals surface area (Å²) in [6.45, 7) is 0.0185. The number of hydrogen-bond donors (Lipinski definition) is 3. The largest absolute Gasteiger partial charge is 0.307 e. The molecule has 0 atom stereocenters. The third-order valence-corrected chi connectivity index (χ3v) is 3.99. The number of anilines is 1. The van der Waals surface area contributed by atoms with Crippen LogP contribution in [0.5, 0.6) is 0 Å². The molecule has 0 spiro atoms. The molecule has 0 aliphatic heterocycles. The van der Waals surface area contributed by atoms with Gasteiger partial charge in [-0.2, -0.15) is 10.2 Å². The van der Waals surface area contributed by atoms with Crippen LogP contribution < -0.4 is 16.0 Å². The van der Waals surface area contributed by atoms with Crippen molar-refractivity contribution in [3.05, 3.63) is 41.3 Å². The highest BCUT2D eigenvalue weighted by Gasteiger charge is 2.16. The van der Waals surface area contributed by atoms with E-state index >= 15 is 0 Å². The van der Waals surface area contributed by atoms with Gasteiger partial charge in [-0.1, -0.05) is 11.6 Å². The number of halogens is 1. The molecule has 4 N–H and O–H groups in total. The van der Waals surface area contributed by atoms with Crippen molar-refractivity contribution in [2.45, 2.75) is 11.4 Å². The number of sulfonamides is 1. The van der Waals surface area contributed by atoms with Gasteiger partial charge in [-0.15, -0.1) is 0 Å².